The minimum Gasteiger partial charge on any atom is -0.324 e. The van der Waals surface area contributed by atoms with E-state index in [0.717, 1.165) is 17.5 Å². The van der Waals surface area contributed by atoms with Crippen molar-refractivity contribution in [3.63, 3.8) is 0 Å². The van der Waals surface area contributed by atoms with Gasteiger partial charge in [-0.05, 0) is 31.4 Å². The van der Waals surface area contributed by atoms with Gasteiger partial charge in [-0.25, -0.2) is 8.42 Å². The third kappa shape index (κ3) is 3.61. The largest absolute Gasteiger partial charge is 0.324 e. The number of carbonyl (C=O) groups is 1. The fraction of sp³-hybridized carbons (Fsp3) is 0.400. The smallest absolute Gasteiger partial charge is 0.242 e. The first kappa shape index (κ1) is 16.3. The summed E-state index contributed by atoms with van der Waals surface area (Å²) in [7, 11) is -3.61. The molecule has 0 aliphatic heterocycles. The number of anilines is 1. The predicted molar refractivity (Wildman–Crippen MR) is 81.3 cm³/mol. The predicted octanol–water partition coefficient (Wildman–Crippen LogP) is 1.93. The van der Waals surface area contributed by atoms with Gasteiger partial charge in [0.25, 0.3) is 0 Å². The molecule has 1 unspecified atom stereocenters. The third-order valence-electron chi connectivity index (χ3n) is 3.18. The van der Waals surface area contributed by atoms with Crippen molar-refractivity contribution in [2.75, 3.05) is 11.1 Å². The molecule has 20 heavy (non-hydrogen) atoms. The number of aryl methyl sites for hydroxylation is 2. The maximum atomic E-state index is 12.1. The number of para-hydroxylation sites is 1. The van der Waals surface area contributed by atoms with Gasteiger partial charge in [-0.1, -0.05) is 31.0 Å². The first-order chi connectivity index (χ1) is 9.33. The number of rotatable bonds is 5. The fourth-order valence-corrected chi connectivity index (χ4v) is 2.70. The minimum absolute atomic E-state index is 0.435. The van der Waals surface area contributed by atoms with Crippen LogP contribution >= 0.6 is 0 Å². The Bertz CT molecular complexity index is 642. The van der Waals surface area contributed by atoms with Crippen LogP contribution in [-0.2, 0) is 21.1 Å². The molecular weight excluding hydrogens is 274 g/mol. The molecule has 0 saturated heterocycles. The maximum absolute atomic E-state index is 12.1. The number of terminal acetylenes is 1. The second-order valence-corrected chi connectivity index (χ2v) is 6.93. The molecule has 0 bridgehead atoms. The number of nitrogens with one attached hydrogen (secondary N) is 1. The molecule has 1 rings (SSSR count). The Hall–Kier alpha value is -1.80. The van der Waals surface area contributed by atoms with E-state index in [2.05, 4.69) is 11.2 Å². The van der Waals surface area contributed by atoms with E-state index in [-0.39, 0.29) is 0 Å². The van der Waals surface area contributed by atoms with Crippen LogP contribution in [0.2, 0.25) is 0 Å². The fourth-order valence-electron chi connectivity index (χ4n) is 1.83. The number of amides is 1. The normalized spacial score (nSPS) is 12.5. The number of benzene rings is 1. The van der Waals surface area contributed by atoms with E-state index in [1.807, 2.05) is 32.0 Å². The summed E-state index contributed by atoms with van der Waals surface area (Å²) in [6, 6.07) is 5.68. The second kappa shape index (κ2) is 6.58. The zero-order valence-electron chi connectivity index (χ0n) is 11.9. The van der Waals surface area contributed by atoms with E-state index in [1.54, 1.807) is 0 Å². The Kier molecular flexibility index (Phi) is 5.34. The van der Waals surface area contributed by atoms with Crippen LogP contribution in [0.1, 0.15) is 25.0 Å². The molecule has 0 fully saturated rings. The average molecular weight is 293 g/mol. The topological polar surface area (TPSA) is 63.2 Å². The molecule has 1 aromatic rings. The van der Waals surface area contributed by atoms with Crippen molar-refractivity contribution in [3.8, 4) is 12.3 Å². The molecule has 0 aromatic heterocycles. The lowest BCUT2D eigenvalue weighted by Crippen LogP contribution is -2.34. The summed E-state index contributed by atoms with van der Waals surface area (Å²) < 4.78 is 23.6. The third-order valence-corrected chi connectivity index (χ3v) is 5.04. The maximum Gasteiger partial charge on any atom is 0.242 e. The summed E-state index contributed by atoms with van der Waals surface area (Å²) in [4.78, 5) is 12.1. The van der Waals surface area contributed by atoms with Crippen LogP contribution in [0.5, 0.6) is 0 Å². The highest BCUT2D eigenvalue weighted by Crippen LogP contribution is 2.21. The summed E-state index contributed by atoms with van der Waals surface area (Å²) in [5.74, 6) is 1.09. The van der Waals surface area contributed by atoms with Crippen molar-refractivity contribution in [1.82, 2.24) is 0 Å². The summed E-state index contributed by atoms with van der Waals surface area (Å²) in [6.07, 6.45) is 5.77. The van der Waals surface area contributed by atoms with Crippen LogP contribution in [0.3, 0.4) is 0 Å². The highest BCUT2D eigenvalue weighted by atomic mass is 32.2. The lowest BCUT2D eigenvalue weighted by atomic mass is 10.1. The Morgan fingerprint density at radius 2 is 2.10 bits per heavy atom. The average Bonchev–Trinajstić information content (AvgIpc) is 2.39. The van der Waals surface area contributed by atoms with E-state index in [4.69, 9.17) is 6.42 Å². The van der Waals surface area contributed by atoms with Gasteiger partial charge >= 0.3 is 0 Å². The van der Waals surface area contributed by atoms with Crippen molar-refractivity contribution in [3.05, 3.63) is 29.3 Å². The van der Waals surface area contributed by atoms with Crippen LogP contribution in [0.25, 0.3) is 0 Å². The molecule has 5 heteroatoms. The number of hydrogen-bond acceptors (Lipinski definition) is 3. The molecule has 0 aliphatic rings. The van der Waals surface area contributed by atoms with E-state index in [1.165, 1.54) is 6.92 Å². The highest BCUT2D eigenvalue weighted by molar-refractivity contribution is 7.93. The lowest BCUT2D eigenvalue weighted by molar-refractivity contribution is -0.115. The van der Waals surface area contributed by atoms with E-state index in [9.17, 15) is 13.2 Å². The molecule has 0 aliphatic carbocycles. The highest BCUT2D eigenvalue weighted by Gasteiger charge is 2.27. The molecule has 1 aromatic carbocycles. The lowest BCUT2D eigenvalue weighted by Gasteiger charge is -2.16. The standard InChI is InChI=1S/C15H19NO3S/c1-5-10-20(18,19)12(4)15(17)16-14-11(3)8-7-9-13(14)6-2/h1,7-9,12H,6,10H2,2-4H3,(H,16,17). The summed E-state index contributed by atoms with van der Waals surface area (Å²) >= 11 is 0. The Morgan fingerprint density at radius 1 is 1.45 bits per heavy atom. The Labute approximate surface area is 120 Å². The first-order valence-corrected chi connectivity index (χ1v) is 8.09. The molecule has 1 N–H and O–H groups in total. The van der Waals surface area contributed by atoms with Crippen molar-refractivity contribution < 1.29 is 13.2 Å². The molecule has 0 saturated carbocycles. The number of sulfone groups is 1. The van der Waals surface area contributed by atoms with Gasteiger partial charge < -0.3 is 5.32 Å². The van der Waals surface area contributed by atoms with Crippen molar-refractivity contribution in [2.45, 2.75) is 32.4 Å². The molecule has 0 heterocycles. The molecule has 108 valence electrons. The quantitative estimate of drug-likeness (QED) is 0.844. The van der Waals surface area contributed by atoms with Gasteiger partial charge in [0.05, 0.1) is 0 Å². The zero-order chi connectivity index (χ0) is 15.3. The number of hydrogen-bond donors (Lipinski definition) is 1. The van der Waals surface area contributed by atoms with Gasteiger partial charge in [0, 0.05) is 5.69 Å². The minimum atomic E-state index is -3.61. The van der Waals surface area contributed by atoms with Crippen molar-refractivity contribution in [2.24, 2.45) is 0 Å². The van der Waals surface area contributed by atoms with Gasteiger partial charge in [0.15, 0.2) is 9.84 Å². The monoisotopic (exact) mass is 293 g/mol. The van der Waals surface area contributed by atoms with Crippen LogP contribution < -0.4 is 5.32 Å². The van der Waals surface area contributed by atoms with Gasteiger partial charge in [0.2, 0.25) is 5.91 Å². The Morgan fingerprint density at radius 3 is 2.65 bits per heavy atom. The van der Waals surface area contributed by atoms with Gasteiger partial charge in [-0.3, -0.25) is 4.79 Å². The van der Waals surface area contributed by atoms with Gasteiger partial charge in [-0.15, -0.1) is 6.42 Å². The van der Waals surface area contributed by atoms with Gasteiger partial charge in [-0.2, -0.15) is 0 Å². The van der Waals surface area contributed by atoms with Crippen LogP contribution in [0, 0.1) is 19.3 Å². The molecule has 1 atom stereocenters. The van der Waals surface area contributed by atoms with E-state index in [0.29, 0.717) is 5.69 Å². The molecule has 1 amide bonds. The van der Waals surface area contributed by atoms with Crippen molar-refractivity contribution >= 4 is 21.4 Å². The van der Waals surface area contributed by atoms with Crippen molar-refractivity contribution in [1.29, 1.82) is 0 Å². The summed E-state index contributed by atoms with van der Waals surface area (Å²) in [5, 5.41) is 1.54. The second-order valence-electron chi connectivity index (χ2n) is 4.61. The van der Waals surface area contributed by atoms with E-state index < -0.39 is 26.7 Å². The van der Waals surface area contributed by atoms with Gasteiger partial charge in [0.1, 0.15) is 11.0 Å². The van der Waals surface area contributed by atoms with Crippen LogP contribution in [0.15, 0.2) is 18.2 Å². The molecular formula is C15H19NO3S. The zero-order valence-corrected chi connectivity index (χ0v) is 12.8. The molecule has 4 nitrogen and oxygen atoms in total. The van der Waals surface area contributed by atoms with Crippen LogP contribution in [-0.4, -0.2) is 25.3 Å². The number of carbonyl (C=O) groups excluding carboxylic acids is 1. The summed E-state index contributed by atoms with van der Waals surface area (Å²) in [6.45, 7) is 5.20. The van der Waals surface area contributed by atoms with Crippen LogP contribution in [0.4, 0.5) is 5.69 Å². The molecule has 0 spiro atoms. The summed E-state index contributed by atoms with van der Waals surface area (Å²) in [5.41, 5.74) is 2.56. The Balaban J connectivity index is 3.01. The van der Waals surface area contributed by atoms with E-state index >= 15 is 0 Å². The molecule has 0 radical (unpaired) electrons. The first-order valence-electron chi connectivity index (χ1n) is 6.37. The SMILES string of the molecule is C#CCS(=O)(=O)C(C)C(=O)Nc1c(C)cccc1CC.